The first-order valence-electron chi connectivity index (χ1n) is 3.91. The minimum Gasteiger partial charge on any atom is -0.464 e. The van der Waals surface area contributed by atoms with Gasteiger partial charge in [0.2, 0.25) is 0 Å². The molecular formula is C10H8O3. The molecule has 0 aliphatic rings. The average Bonchev–Trinajstić information content (AvgIpc) is 2.61. The topological polar surface area (TPSA) is 39.4 Å². The Labute approximate surface area is 74.9 Å². The van der Waals surface area contributed by atoms with Crippen LogP contribution in [0.5, 0.6) is 0 Å². The van der Waals surface area contributed by atoms with E-state index in [0.717, 1.165) is 16.5 Å². The van der Waals surface area contributed by atoms with Gasteiger partial charge in [-0.05, 0) is 23.8 Å². The summed E-state index contributed by atoms with van der Waals surface area (Å²) in [5.74, 6) is 0. The lowest BCUT2D eigenvalue weighted by Gasteiger charge is -1.98. The lowest BCUT2D eigenvalue weighted by atomic mass is 10.2. The number of furan rings is 1. The molecule has 0 spiro atoms. The average molecular weight is 176 g/mol. The van der Waals surface area contributed by atoms with Gasteiger partial charge in [-0.1, -0.05) is 6.07 Å². The highest BCUT2D eigenvalue weighted by atomic mass is 16.5. The highest BCUT2D eigenvalue weighted by Crippen LogP contribution is 2.17. The minimum atomic E-state index is 0.310. The zero-order valence-electron chi connectivity index (χ0n) is 6.90. The van der Waals surface area contributed by atoms with Crippen LogP contribution in [0.3, 0.4) is 0 Å². The summed E-state index contributed by atoms with van der Waals surface area (Å²) < 4.78 is 9.80. The first-order chi connectivity index (χ1) is 6.40. The number of hydrogen-bond donors (Lipinski definition) is 0. The summed E-state index contributed by atoms with van der Waals surface area (Å²) >= 11 is 0. The minimum absolute atomic E-state index is 0.310. The predicted molar refractivity (Wildman–Crippen MR) is 47.1 cm³/mol. The Kier molecular flexibility index (Phi) is 2.00. The molecule has 1 heterocycles. The van der Waals surface area contributed by atoms with E-state index in [2.05, 4.69) is 4.74 Å². The van der Waals surface area contributed by atoms with Crippen molar-refractivity contribution in [2.75, 3.05) is 0 Å². The van der Waals surface area contributed by atoms with Crippen LogP contribution in [0.2, 0.25) is 0 Å². The van der Waals surface area contributed by atoms with Gasteiger partial charge in [-0.2, -0.15) is 0 Å². The summed E-state index contributed by atoms with van der Waals surface area (Å²) in [6, 6.07) is 7.54. The van der Waals surface area contributed by atoms with Crippen molar-refractivity contribution in [3.05, 3.63) is 36.1 Å². The molecule has 0 saturated carbocycles. The van der Waals surface area contributed by atoms with Crippen LogP contribution in [-0.4, -0.2) is 6.47 Å². The van der Waals surface area contributed by atoms with Crippen LogP contribution in [0.4, 0.5) is 0 Å². The molecule has 66 valence electrons. The largest absolute Gasteiger partial charge is 0.464 e. The van der Waals surface area contributed by atoms with E-state index in [1.54, 1.807) is 6.26 Å². The first kappa shape index (κ1) is 7.86. The van der Waals surface area contributed by atoms with Gasteiger partial charge in [0, 0.05) is 5.39 Å². The fourth-order valence-electron chi connectivity index (χ4n) is 1.24. The molecule has 0 bridgehead atoms. The van der Waals surface area contributed by atoms with Crippen LogP contribution in [0, 0.1) is 0 Å². The van der Waals surface area contributed by atoms with Gasteiger partial charge in [-0.3, -0.25) is 4.79 Å². The first-order valence-corrected chi connectivity index (χ1v) is 3.91. The van der Waals surface area contributed by atoms with Gasteiger partial charge in [0.15, 0.2) is 0 Å². The number of benzene rings is 1. The van der Waals surface area contributed by atoms with Gasteiger partial charge in [0.25, 0.3) is 6.47 Å². The molecule has 0 radical (unpaired) electrons. The third-order valence-corrected chi connectivity index (χ3v) is 1.83. The number of carbonyl (C=O) groups is 1. The number of carbonyl (C=O) groups excluding carboxylic acids is 1. The lowest BCUT2D eigenvalue weighted by Crippen LogP contribution is -1.88. The van der Waals surface area contributed by atoms with Crippen molar-refractivity contribution in [1.82, 2.24) is 0 Å². The fraction of sp³-hybridized carbons (Fsp3) is 0.100. The van der Waals surface area contributed by atoms with Crippen LogP contribution in [0.25, 0.3) is 11.0 Å². The standard InChI is InChI=1S/C10H8O3/c11-7-12-6-8-1-2-10-9(5-8)3-4-13-10/h1-5,7H,6H2. The molecule has 1 aromatic heterocycles. The molecule has 0 unspecified atom stereocenters. The second-order valence-corrected chi connectivity index (χ2v) is 2.70. The van der Waals surface area contributed by atoms with Gasteiger partial charge in [-0.25, -0.2) is 0 Å². The number of fused-ring (bicyclic) bond motifs is 1. The van der Waals surface area contributed by atoms with Crippen molar-refractivity contribution in [3.8, 4) is 0 Å². The quantitative estimate of drug-likeness (QED) is 0.672. The molecule has 2 rings (SSSR count). The molecule has 1 aromatic carbocycles. The molecule has 0 fully saturated rings. The van der Waals surface area contributed by atoms with Crippen molar-refractivity contribution in [1.29, 1.82) is 0 Å². The molecule has 3 nitrogen and oxygen atoms in total. The Bertz CT molecular complexity index is 417. The molecule has 0 aliphatic heterocycles. The summed E-state index contributed by atoms with van der Waals surface area (Å²) in [6.07, 6.45) is 1.63. The molecule has 2 aromatic rings. The van der Waals surface area contributed by atoms with Crippen molar-refractivity contribution in [2.45, 2.75) is 6.61 Å². The monoisotopic (exact) mass is 176 g/mol. The molecule has 3 heteroatoms. The molecule has 0 saturated heterocycles. The smallest absolute Gasteiger partial charge is 0.293 e. The maximum absolute atomic E-state index is 9.95. The van der Waals surface area contributed by atoms with Crippen molar-refractivity contribution >= 4 is 17.4 Å². The van der Waals surface area contributed by atoms with Crippen LogP contribution in [-0.2, 0) is 16.1 Å². The van der Waals surface area contributed by atoms with Crippen molar-refractivity contribution in [2.24, 2.45) is 0 Å². The highest BCUT2D eigenvalue weighted by molar-refractivity contribution is 5.77. The van der Waals surface area contributed by atoms with Gasteiger partial charge >= 0.3 is 0 Å². The van der Waals surface area contributed by atoms with Gasteiger partial charge in [0.1, 0.15) is 12.2 Å². The SMILES string of the molecule is O=COCc1ccc2occc2c1. The lowest BCUT2D eigenvalue weighted by molar-refractivity contribution is -0.129. The highest BCUT2D eigenvalue weighted by Gasteiger charge is 1.98. The van der Waals surface area contributed by atoms with Crippen LogP contribution >= 0.6 is 0 Å². The Morgan fingerprint density at radius 3 is 3.15 bits per heavy atom. The zero-order chi connectivity index (χ0) is 9.10. The van der Waals surface area contributed by atoms with E-state index in [9.17, 15) is 4.79 Å². The molecule has 0 aliphatic carbocycles. The molecule has 13 heavy (non-hydrogen) atoms. The van der Waals surface area contributed by atoms with Crippen LogP contribution in [0.1, 0.15) is 5.56 Å². The van der Waals surface area contributed by atoms with Crippen LogP contribution < -0.4 is 0 Å². The van der Waals surface area contributed by atoms with E-state index in [0.29, 0.717) is 13.1 Å². The van der Waals surface area contributed by atoms with E-state index in [-0.39, 0.29) is 0 Å². The van der Waals surface area contributed by atoms with Gasteiger partial charge in [-0.15, -0.1) is 0 Å². The summed E-state index contributed by atoms with van der Waals surface area (Å²) in [4.78, 5) is 9.95. The Hall–Kier alpha value is -1.77. The molecular weight excluding hydrogens is 168 g/mol. The number of rotatable bonds is 3. The molecule has 0 atom stereocenters. The molecule has 0 amide bonds. The summed E-state index contributed by atoms with van der Waals surface area (Å²) in [6.45, 7) is 0.754. The second-order valence-electron chi connectivity index (χ2n) is 2.70. The third-order valence-electron chi connectivity index (χ3n) is 1.83. The van der Waals surface area contributed by atoms with Crippen molar-refractivity contribution in [3.63, 3.8) is 0 Å². The van der Waals surface area contributed by atoms with Crippen LogP contribution in [0.15, 0.2) is 34.9 Å². The van der Waals surface area contributed by atoms with E-state index in [1.807, 2.05) is 24.3 Å². The summed E-state index contributed by atoms with van der Waals surface area (Å²) in [5, 5.41) is 1.02. The Morgan fingerprint density at radius 2 is 2.31 bits per heavy atom. The van der Waals surface area contributed by atoms with Gasteiger partial charge < -0.3 is 9.15 Å². The van der Waals surface area contributed by atoms with Crippen molar-refractivity contribution < 1.29 is 13.9 Å². The third kappa shape index (κ3) is 1.54. The maximum atomic E-state index is 9.95. The van der Waals surface area contributed by atoms with E-state index in [4.69, 9.17) is 4.42 Å². The number of ether oxygens (including phenoxy) is 1. The Balaban J connectivity index is 2.31. The zero-order valence-corrected chi connectivity index (χ0v) is 6.90. The van der Waals surface area contributed by atoms with Gasteiger partial charge in [0.05, 0.1) is 6.26 Å². The van der Waals surface area contributed by atoms with E-state index >= 15 is 0 Å². The normalized spacial score (nSPS) is 10.2. The number of hydrogen-bond acceptors (Lipinski definition) is 3. The van der Waals surface area contributed by atoms with E-state index < -0.39 is 0 Å². The Morgan fingerprint density at radius 1 is 1.38 bits per heavy atom. The summed E-state index contributed by atoms with van der Waals surface area (Å²) in [5.41, 5.74) is 1.80. The van der Waals surface area contributed by atoms with E-state index in [1.165, 1.54) is 0 Å². The summed E-state index contributed by atoms with van der Waals surface area (Å²) in [7, 11) is 0. The second kappa shape index (κ2) is 3.31. The fourth-order valence-corrected chi connectivity index (χ4v) is 1.24. The maximum Gasteiger partial charge on any atom is 0.293 e. The molecule has 0 N–H and O–H groups in total. The predicted octanol–water partition coefficient (Wildman–Crippen LogP) is 2.11.